The maximum absolute atomic E-state index is 13.0. The van der Waals surface area contributed by atoms with E-state index in [1.54, 1.807) is 0 Å². The lowest BCUT2D eigenvalue weighted by atomic mass is 9.86. The Morgan fingerprint density at radius 3 is 2.23 bits per heavy atom. The zero-order valence-electron chi connectivity index (χ0n) is 12.2. The van der Waals surface area contributed by atoms with E-state index in [0.29, 0.717) is 0 Å². The summed E-state index contributed by atoms with van der Waals surface area (Å²) in [6.07, 6.45) is 4.17. The first-order valence-electron chi connectivity index (χ1n) is 7.54. The molecule has 0 fully saturated rings. The lowest BCUT2D eigenvalue weighted by molar-refractivity contribution is 0.0122. The number of benzene rings is 2. The summed E-state index contributed by atoms with van der Waals surface area (Å²) >= 11 is 0. The van der Waals surface area contributed by atoms with Crippen LogP contribution >= 0.6 is 0 Å². The lowest BCUT2D eigenvalue weighted by Gasteiger charge is -2.18. The van der Waals surface area contributed by atoms with Crippen LogP contribution in [0.3, 0.4) is 0 Å². The Morgan fingerprint density at radius 1 is 0.909 bits per heavy atom. The molecule has 0 spiro atoms. The zero-order chi connectivity index (χ0) is 14.9. The number of rotatable bonds is 0. The molecule has 2 aliphatic heterocycles. The summed E-state index contributed by atoms with van der Waals surface area (Å²) in [5.41, 5.74) is 1.96. The predicted molar refractivity (Wildman–Crippen MR) is 88.0 cm³/mol. The third kappa shape index (κ3) is 1.31. The van der Waals surface area contributed by atoms with Crippen molar-refractivity contribution in [2.75, 3.05) is 0 Å². The van der Waals surface area contributed by atoms with E-state index in [9.17, 15) is 4.79 Å². The van der Waals surface area contributed by atoms with E-state index in [-0.39, 0.29) is 11.5 Å². The summed E-state index contributed by atoms with van der Waals surface area (Å²) in [6.45, 7) is 2.08. The maximum atomic E-state index is 13.0. The highest BCUT2D eigenvalue weighted by Gasteiger charge is 2.45. The molecule has 2 heteroatoms. The minimum atomic E-state index is -0.437. The van der Waals surface area contributed by atoms with Crippen molar-refractivity contribution in [1.29, 1.82) is 0 Å². The second-order valence-corrected chi connectivity index (χ2v) is 6.21. The van der Waals surface area contributed by atoms with Crippen LogP contribution in [0.4, 0.5) is 0 Å². The highest BCUT2D eigenvalue weighted by Crippen LogP contribution is 2.53. The Kier molecular flexibility index (Phi) is 2.12. The minimum Gasteiger partial charge on any atom is -0.354 e. The average molecular weight is 286 g/mol. The van der Waals surface area contributed by atoms with Crippen molar-refractivity contribution in [1.82, 2.24) is 0 Å². The molecule has 2 unspecified atom stereocenters. The van der Waals surface area contributed by atoms with Gasteiger partial charge in [-0.05, 0) is 29.3 Å². The molecule has 0 radical (unpaired) electrons. The Bertz CT molecular complexity index is 1050. The van der Waals surface area contributed by atoms with E-state index in [2.05, 4.69) is 19.1 Å². The SMILES string of the molecule is CC12C=CC(O1)c1c2c2ccccc2c(=O)c2ccccc12. The molecule has 0 aromatic heterocycles. The molecule has 0 amide bonds. The van der Waals surface area contributed by atoms with Crippen molar-refractivity contribution < 1.29 is 4.74 Å². The molecule has 0 N–H and O–H groups in total. The maximum Gasteiger partial charge on any atom is 0.194 e. The normalized spacial score (nSPS) is 25.0. The molecular weight excluding hydrogens is 272 g/mol. The summed E-state index contributed by atoms with van der Waals surface area (Å²) < 4.78 is 6.21. The van der Waals surface area contributed by atoms with Gasteiger partial charge in [0.2, 0.25) is 0 Å². The zero-order valence-corrected chi connectivity index (χ0v) is 12.2. The third-order valence-electron chi connectivity index (χ3n) is 4.91. The molecule has 2 aliphatic rings. The first-order valence-corrected chi connectivity index (χ1v) is 7.54. The van der Waals surface area contributed by atoms with E-state index < -0.39 is 5.60 Å². The second-order valence-electron chi connectivity index (χ2n) is 6.21. The molecule has 22 heavy (non-hydrogen) atoms. The molecule has 3 aromatic carbocycles. The molecule has 0 saturated heterocycles. The third-order valence-corrected chi connectivity index (χ3v) is 4.91. The molecule has 3 aromatic rings. The molecular formula is C20H14O2. The monoisotopic (exact) mass is 286 g/mol. The van der Waals surface area contributed by atoms with Crippen LogP contribution in [0, 0.1) is 0 Å². The Morgan fingerprint density at radius 2 is 1.50 bits per heavy atom. The van der Waals surface area contributed by atoms with Gasteiger partial charge >= 0.3 is 0 Å². The second kappa shape index (κ2) is 3.84. The van der Waals surface area contributed by atoms with Crippen LogP contribution in [0.15, 0.2) is 65.5 Å². The quantitative estimate of drug-likeness (QED) is 0.579. The van der Waals surface area contributed by atoms with Gasteiger partial charge < -0.3 is 4.74 Å². The fourth-order valence-corrected chi connectivity index (χ4v) is 3.98. The van der Waals surface area contributed by atoms with Crippen molar-refractivity contribution in [2.24, 2.45) is 0 Å². The highest BCUT2D eigenvalue weighted by molar-refractivity contribution is 5.99. The standard InChI is InChI=1S/C20H14O2/c1-20-11-10-16(22-20)17-12-6-2-4-8-14(12)19(21)15-9-5-3-7-13(15)18(17)20/h2-11,16H,1H3. The molecule has 106 valence electrons. The van der Waals surface area contributed by atoms with Crippen LogP contribution in [0.1, 0.15) is 24.2 Å². The fourth-order valence-electron chi connectivity index (χ4n) is 3.98. The Balaban J connectivity index is 2.19. The van der Waals surface area contributed by atoms with E-state index in [1.165, 1.54) is 0 Å². The molecule has 5 rings (SSSR count). The molecule has 2 bridgehead atoms. The van der Waals surface area contributed by atoms with Crippen LogP contribution in [-0.2, 0) is 10.3 Å². The summed E-state index contributed by atoms with van der Waals surface area (Å²) in [6, 6.07) is 15.8. The van der Waals surface area contributed by atoms with Crippen LogP contribution in [-0.4, -0.2) is 0 Å². The minimum absolute atomic E-state index is 0.0555. The molecule has 2 atom stereocenters. The van der Waals surface area contributed by atoms with Gasteiger partial charge in [-0.2, -0.15) is 0 Å². The molecule has 2 heterocycles. The van der Waals surface area contributed by atoms with Gasteiger partial charge in [0, 0.05) is 16.3 Å². The van der Waals surface area contributed by atoms with E-state index in [4.69, 9.17) is 4.74 Å². The summed E-state index contributed by atoms with van der Waals surface area (Å²) in [5, 5.41) is 3.56. The van der Waals surface area contributed by atoms with Crippen molar-refractivity contribution in [2.45, 2.75) is 18.6 Å². The van der Waals surface area contributed by atoms with Gasteiger partial charge in [-0.15, -0.1) is 0 Å². The largest absolute Gasteiger partial charge is 0.354 e. The molecule has 0 aliphatic carbocycles. The number of hydrogen-bond donors (Lipinski definition) is 0. The van der Waals surface area contributed by atoms with Gasteiger partial charge in [0.25, 0.3) is 0 Å². The van der Waals surface area contributed by atoms with Gasteiger partial charge in [0.1, 0.15) is 11.7 Å². The first kappa shape index (κ1) is 12.1. The highest BCUT2D eigenvalue weighted by atomic mass is 16.5. The summed E-state index contributed by atoms with van der Waals surface area (Å²) in [7, 11) is 0. The van der Waals surface area contributed by atoms with Gasteiger partial charge in [0.05, 0.1) is 0 Å². The van der Waals surface area contributed by atoms with Crippen LogP contribution in [0.25, 0.3) is 21.5 Å². The number of ether oxygens (including phenoxy) is 1. The van der Waals surface area contributed by atoms with Gasteiger partial charge in [-0.1, -0.05) is 54.6 Å². The summed E-state index contributed by atoms with van der Waals surface area (Å²) in [4.78, 5) is 13.0. The average Bonchev–Trinajstić information content (AvgIpc) is 3.04. The van der Waals surface area contributed by atoms with Crippen molar-refractivity contribution in [3.05, 3.63) is 82.0 Å². The van der Waals surface area contributed by atoms with E-state index >= 15 is 0 Å². The summed E-state index contributed by atoms with van der Waals surface area (Å²) in [5.74, 6) is 0. The van der Waals surface area contributed by atoms with Crippen LogP contribution in [0.2, 0.25) is 0 Å². The van der Waals surface area contributed by atoms with Gasteiger partial charge in [-0.25, -0.2) is 0 Å². The van der Waals surface area contributed by atoms with Crippen molar-refractivity contribution >= 4 is 21.5 Å². The predicted octanol–water partition coefficient (Wildman–Crippen LogP) is 4.21. The molecule has 2 nitrogen and oxygen atoms in total. The van der Waals surface area contributed by atoms with Gasteiger partial charge in [-0.3, -0.25) is 4.79 Å². The Labute approximate surface area is 127 Å². The van der Waals surface area contributed by atoms with Crippen LogP contribution in [0.5, 0.6) is 0 Å². The van der Waals surface area contributed by atoms with E-state index in [1.807, 2.05) is 48.5 Å². The molecule has 0 saturated carbocycles. The first-order chi connectivity index (χ1) is 10.7. The fraction of sp³-hybridized carbons (Fsp3) is 0.150. The number of hydrogen-bond acceptors (Lipinski definition) is 2. The lowest BCUT2D eigenvalue weighted by Crippen LogP contribution is -2.15. The van der Waals surface area contributed by atoms with Crippen LogP contribution < -0.4 is 5.43 Å². The Hall–Kier alpha value is -2.45. The number of fused-ring (bicyclic) bond motifs is 9. The van der Waals surface area contributed by atoms with Gasteiger partial charge in [0.15, 0.2) is 5.43 Å². The van der Waals surface area contributed by atoms with Crippen molar-refractivity contribution in [3.8, 4) is 0 Å². The topological polar surface area (TPSA) is 26.3 Å². The smallest absolute Gasteiger partial charge is 0.194 e. The van der Waals surface area contributed by atoms with E-state index in [0.717, 1.165) is 32.7 Å². The van der Waals surface area contributed by atoms with Crippen molar-refractivity contribution in [3.63, 3.8) is 0 Å².